The van der Waals surface area contributed by atoms with E-state index >= 15 is 0 Å². The molecule has 78 valence electrons. The van der Waals surface area contributed by atoms with Gasteiger partial charge >= 0.3 is 17.9 Å². The van der Waals surface area contributed by atoms with E-state index in [1.54, 1.807) is 0 Å². The highest BCUT2D eigenvalue weighted by Crippen LogP contribution is 2.06. The fraction of sp³-hybridized carbons (Fsp3) is 0.286. The molecule has 0 aliphatic carbocycles. The van der Waals surface area contributed by atoms with Crippen molar-refractivity contribution in [2.24, 2.45) is 5.73 Å². The van der Waals surface area contributed by atoms with Gasteiger partial charge in [0, 0.05) is 6.08 Å². The van der Waals surface area contributed by atoms with Crippen molar-refractivity contribution in [3.63, 3.8) is 0 Å². The molecule has 0 saturated heterocycles. The Balaban J connectivity index is 4.81. The van der Waals surface area contributed by atoms with E-state index in [-0.39, 0.29) is 5.57 Å². The average molecular weight is 203 g/mol. The van der Waals surface area contributed by atoms with Crippen molar-refractivity contribution in [3.05, 3.63) is 11.6 Å². The first-order valence-corrected chi connectivity index (χ1v) is 3.48. The highest BCUT2D eigenvalue weighted by molar-refractivity contribution is 5.87. The minimum Gasteiger partial charge on any atom is -0.481 e. The third-order valence-corrected chi connectivity index (χ3v) is 1.33. The van der Waals surface area contributed by atoms with Crippen molar-refractivity contribution in [1.82, 2.24) is 0 Å². The molecular weight excluding hydrogens is 194 g/mol. The Kier molecular flexibility index (Phi) is 4.30. The first-order chi connectivity index (χ1) is 6.34. The van der Waals surface area contributed by atoms with Crippen LogP contribution in [0.5, 0.6) is 0 Å². The predicted molar refractivity (Wildman–Crippen MR) is 43.6 cm³/mol. The zero-order valence-corrected chi connectivity index (χ0v) is 7.01. The molecule has 0 radical (unpaired) electrons. The zero-order valence-electron chi connectivity index (χ0n) is 7.01. The molecule has 0 aliphatic rings. The lowest BCUT2D eigenvalue weighted by molar-refractivity contribution is -0.138. The van der Waals surface area contributed by atoms with Gasteiger partial charge < -0.3 is 21.1 Å². The summed E-state index contributed by atoms with van der Waals surface area (Å²) >= 11 is 0. The smallest absolute Gasteiger partial charge is 0.328 e. The molecular formula is C7H9NO6. The molecule has 14 heavy (non-hydrogen) atoms. The molecule has 5 N–H and O–H groups in total. The number of carboxylic acids is 3. The van der Waals surface area contributed by atoms with Crippen LogP contribution in [0.1, 0.15) is 6.42 Å². The van der Waals surface area contributed by atoms with Gasteiger partial charge in [-0.2, -0.15) is 0 Å². The maximum absolute atomic E-state index is 10.4. The summed E-state index contributed by atoms with van der Waals surface area (Å²) in [7, 11) is 0. The van der Waals surface area contributed by atoms with E-state index in [2.05, 4.69) is 0 Å². The molecule has 7 nitrogen and oxygen atoms in total. The molecule has 0 saturated carbocycles. The van der Waals surface area contributed by atoms with E-state index in [0.717, 1.165) is 0 Å². The van der Waals surface area contributed by atoms with Gasteiger partial charge in [-0.15, -0.1) is 0 Å². The largest absolute Gasteiger partial charge is 0.481 e. The van der Waals surface area contributed by atoms with Crippen LogP contribution in [0.15, 0.2) is 11.6 Å². The van der Waals surface area contributed by atoms with Gasteiger partial charge in [-0.25, -0.2) is 4.79 Å². The fourth-order valence-electron chi connectivity index (χ4n) is 0.743. The van der Waals surface area contributed by atoms with Crippen LogP contribution in [-0.2, 0) is 14.4 Å². The number of aliphatic carboxylic acids is 3. The van der Waals surface area contributed by atoms with Crippen LogP contribution in [0.4, 0.5) is 0 Å². The molecule has 0 bridgehead atoms. The van der Waals surface area contributed by atoms with Crippen molar-refractivity contribution in [2.75, 3.05) is 0 Å². The summed E-state index contributed by atoms with van der Waals surface area (Å²) in [5.74, 6) is -4.24. The van der Waals surface area contributed by atoms with Crippen molar-refractivity contribution in [1.29, 1.82) is 0 Å². The number of nitrogens with two attached hydrogens (primary N) is 1. The minimum atomic E-state index is -1.61. The van der Waals surface area contributed by atoms with Crippen molar-refractivity contribution < 1.29 is 29.7 Å². The molecule has 0 aliphatic heterocycles. The SMILES string of the molecule is NC(C(=O)O)/C(=C\C(=O)O)CC(=O)O. The Hall–Kier alpha value is -1.89. The highest BCUT2D eigenvalue weighted by atomic mass is 16.4. The third kappa shape index (κ3) is 4.21. The summed E-state index contributed by atoms with van der Waals surface area (Å²) < 4.78 is 0. The fourth-order valence-corrected chi connectivity index (χ4v) is 0.743. The van der Waals surface area contributed by atoms with E-state index in [4.69, 9.17) is 21.1 Å². The summed E-state index contributed by atoms with van der Waals surface area (Å²) in [6, 6.07) is -1.61. The van der Waals surface area contributed by atoms with E-state index in [9.17, 15) is 14.4 Å². The molecule has 0 heterocycles. The number of carbonyl (C=O) groups is 3. The van der Waals surface area contributed by atoms with Crippen LogP contribution in [0.2, 0.25) is 0 Å². The monoisotopic (exact) mass is 203 g/mol. The molecule has 0 amide bonds. The Morgan fingerprint density at radius 2 is 1.71 bits per heavy atom. The lowest BCUT2D eigenvalue weighted by atomic mass is 10.0. The predicted octanol–water partition coefficient (Wildman–Crippen LogP) is -1.12. The number of rotatable bonds is 5. The van der Waals surface area contributed by atoms with Gasteiger partial charge in [0.2, 0.25) is 0 Å². The van der Waals surface area contributed by atoms with E-state index in [1.807, 2.05) is 0 Å². The molecule has 0 spiro atoms. The second-order valence-electron chi connectivity index (χ2n) is 2.44. The lowest BCUT2D eigenvalue weighted by Gasteiger charge is -2.08. The molecule has 7 heteroatoms. The number of hydrogen-bond acceptors (Lipinski definition) is 4. The van der Waals surface area contributed by atoms with E-state index in [0.29, 0.717) is 6.08 Å². The van der Waals surface area contributed by atoms with Gasteiger partial charge in [0.25, 0.3) is 0 Å². The van der Waals surface area contributed by atoms with Gasteiger partial charge in [0.1, 0.15) is 6.04 Å². The van der Waals surface area contributed by atoms with E-state index in [1.165, 1.54) is 0 Å². The molecule has 0 fully saturated rings. The van der Waals surface area contributed by atoms with Crippen LogP contribution >= 0.6 is 0 Å². The minimum absolute atomic E-state index is 0.363. The summed E-state index contributed by atoms with van der Waals surface area (Å²) in [4.78, 5) is 30.8. The Bertz CT molecular complexity index is 295. The van der Waals surface area contributed by atoms with Crippen LogP contribution in [-0.4, -0.2) is 39.3 Å². The maximum Gasteiger partial charge on any atom is 0.328 e. The molecule has 1 atom stereocenters. The Morgan fingerprint density at radius 3 is 2.00 bits per heavy atom. The summed E-state index contributed by atoms with van der Waals surface area (Å²) in [5.41, 5.74) is 4.70. The Morgan fingerprint density at radius 1 is 1.21 bits per heavy atom. The van der Waals surface area contributed by atoms with Crippen LogP contribution in [0.3, 0.4) is 0 Å². The standard InChI is InChI=1S/C7H9NO6/c8-6(7(13)14)3(1-4(9)10)2-5(11)12/h1,6H,2,8H2,(H,9,10)(H,11,12)(H,13,14)/b3-1-. The molecule has 0 aromatic rings. The average Bonchev–Trinajstić information content (AvgIpc) is 1.99. The summed E-state index contributed by atoms with van der Waals surface area (Å²) in [6.07, 6.45) is -0.216. The third-order valence-electron chi connectivity index (χ3n) is 1.33. The van der Waals surface area contributed by atoms with Crippen molar-refractivity contribution >= 4 is 17.9 Å². The summed E-state index contributed by atoms with van der Waals surface area (Å²) in [5, 5.41) is 25.1. The van der Waals surface area contributed by atoms with Gasteiger partial charge in [0.15, 0.2) is 0 Å². The second kappa shape index (κ2) is 4.97. The molecule has 0 aromatic heterocycles. The van der Waals surface area contributed by atoms with Gasteiger partial charge in [-0.05, 0) is 5.57 Å². The summed E-state index contributed by atoms with van der Waals surface area (Å²) in [6.45, 7) is 0. The van der Waals surface area contributed by atoms with Crippen LogP contribution in [0, 0.1) is 0 Å². The lowest BCUT2D eigenvalue weighted by Crippen LogP contribution is -2.33. The zero-order chi connectivity index (χ0) is 11.3. The maximum atomic E-state index is 10.4. The first-order valence-electron chi connectivity index (χ1n) is 3.48. The quantitative estimate of drug-likeness (QED) is 0.415. The topological polar surface area (TPSA) is 138 Å². The molecule has 0 aromatic carbocycles. The van der Waals surface area contributed by atoms with E-state index < -0.39 is 30.4 Å². The molecule has 0 rings (SSSR count). The first kappa shape index (κ1) is 12.1. The highest BCUT2D eigenvalue weighted by Gasteiger charge is 2.20. The van der Waals surface area contributed by atoms with Crippen LogP contribution in [0.25, 0.3) is 0 Å². The Labute approximate surface area is 78.4 Å². The number of hydrogen-bond donors (Lipinski definition) is 4. The van der Waals surface area contributed by atoms with Crippen molar-refractivity contribution in [2.45, 2.75) is 12.5 Å². The van der Waals surface area contributed by atoms with Crippen molar-refractivity contribution in [3.8, 4) is 0 Å². The van der Waals surface area contributed by atoms with Crippen LogP contribution < -0.4 is 5.73 Å². The van der Waals surface area contributed by atoms with Gasteiger partial charge in [-0.3, -0.25) is 9.59 Å². The number of carboxylic acid groups (broad SMARTS) is 3. The van der Waals surface area contributed by atoms with Gasteiger partial charge in [0.05, 0.1) is 6.42 Å². The second-order valence-corrected chi connectivity index (χ2v) is 2.44. The normalized spacial score (nSPS) is 13.4. The van der Waals surface area contributed by atoms with Gasteiger partial charge in [-0.1, -0.05) is 0 Å². The molecule has 1 unspecified atom stereocenters.